The van der Waals surface area contributed by atoms with E-state index in [1.165, 1.54) is 0 Å². The number of para-hydroxylation sites is 1. The smallest absolute Gasteiger partial charge is 0.262 e. The third-order valence-electron chi connectivity index (χ3n) is 4.62. The molecule has 32 heavy (non-hydrogen) atoms. The van der Waals surface area contributed by atoms with Crippen LogP contribution in [0.4, 0.5) is 0 Å². The van der Waals surface area contributed by atoms with Crippen molar-refractivity contribution in [2.75, 3.05) is 26.9 Å². The van der Waals surface area contributed by atoms with E-state index in [4.69, 9.17) is 14.6 Å². The molecule has 0 unspecified atom stereocenters. The molecule has 0 aliphatic carbocycles. The molecule has 0 aliphatic rings. The van der Waals surface area contributed by atoms with Crippen molar-refractivity contribution in [2.45, 2.75) is 13.3 Å². The van der Waals surface area contributed by atoms with Crippen molar-refractivity contribution < 1.29 is 14.3 Å². The second-order valence-corrected chi connectivity index (χ2v) is 7.00. The van der Waals surface area contributed by atoms with E-state index in [0.717, 1.165) is 23.4 Å². The molecular weight excluding hydrogens is 404 g/mol. The number of nitrogens with one attached hydrogen (secondary N) is 1. The van der Waals surface area contributed by atoms with Gasteiger partial charge in [-0.2, -0.15) is 10.4 Å². The summed E-state index contributed by atoms with van der Waals surface area (Å²) in [4.78, 5) is 12.4. The SMILES string of the molecule is CCCOc1ccc(-c2nn(-c3ccccc3)cc2/C=C(\C#N)C(=O)NCCOC)cc1. The van der Waals surface area contributed by atoms with Gasteiger partial charge >= 0.3 is 0 Å². The van der Waals surface area contributed by atoms with Crippen LogP contribution in [0.25, 0.3) is 23.0 Å². The van der Waals surface area contributed by atoms with Crippen LogP contribution in [0, 0.1) is 11.3 Å². The number of amides is 1. The van der Waals surface area contributed by atoms with Crippen molar-refractivity contribution in [3.63, 3.8) is 0 Å². The Morgan fingerprint density at radius 3 is 2.56 bits per heavy atom. The summed E-state index contributed by atoms with van der Waals surface area (Å²) in [5.41, 5.74) is 3.05. The number of hydrogen-bond acceptors (Lipinski definition) is 5. The van der Waals surface area contributed by atoms with Gasteiger partial charge in [-0.05, 0) is 48.9 Å². The van der Waals surface area contributed by atoms with Gasteiger partial charge in [-0.25, -0.2) is 4.68 Å². The average molecular weight is 431 g/mol. The molecule has 1 aromatic heterocycles. The van der Waals surface area contributed by atoms with Gasteiger partial charge in [0.05, 0.1) is 24.6 Å². The van der Waals surface area contributed by atoms with Gasteiger partial charge in [0.25, 0.3) is 5.91 Å². The standard InChI is InChI=1S/C25H26N4O3/c1-3-14-32-23-11-9-19(10-12-23)24-21(16-20(17-26)25(30)27-13-15-31-2)18-29(28-24)22-7-5-4-6-8-22/h4-12,16,18H,3,13-15H2,1-2H3,(H,27,30)/b20-16+. The minimum atomic E-state index is -0.453. The van der Waals surface area contributed by atoms with Crippen LogP contribution in [0.5, 0.6) is 5.75 Å². The lowest BCUT2D eigenvalue weighted by molar-refractivity contribution is -0.117. The lowest BCUT2D eigenvalue weighted by Gasteiger charge is -2.06. The van der Waals surface area contributed by atoms with E-state index in [0.29, 0.717) is 31.0 Å². The Morgan fingerprint density at radius 2 is 1.91 bits per heavy atom. The molecule has 0 bridgehead atoms. The molecule has 3 rings (SSSR count). The minimum absolute atomic E-state index is 0.00198. The van der Waals surface area contributed by atoms with Crippen LogP contribution in [-0.2, 0) is 9.53 Å². The van der Waals surface area contributed by atoms with Gasteiger partial charge in [-0.3, -0.25) is 4.79 Å². The maximum Gasteiger partial charge on any atom is 0.262 e. The average Bonchev–Trinajstić information content (AvgIpc) is 3.26. The maximum absolute atomic E-state index is 12.4. The lowest BCUT2D eigenvalue weighted by atomic mass is 10.1. The largest absolute Gasteiger partial charge is 0.494 e. The van der Waals surface area contributed by atoms with E-state index in [9.17, 15) is 10.1 Å². The van der Waals surface area contributed by atoms with Gasteiger partial charge in [0, 0.05) is 31.0 Å². The quantitative estimate of drug-likeness (QED) is 0.298. The second kappa shape index (κ2) is 11.5. The van der Waals surface area contributed by atoms with Gasteiger partial charge in [-0.1, -0.05) is 25.1 Å². The Kier molecular flexibility index (Phi) is 8.18. The van der Waals surface area contributed by atoms with E-state index in [1.54, 1.807) is 17.9 Å². The molecule has 1 heterocycles. The molecule has 0 aliphatic heterocycles. The number of ether oxygens (including phenoxy) is 2. The first-order chi connectivity index (χ1) is 15.7. The summed E-state index contributed by atoms with van der Waals surface area (Å²) in [6.45, 7) is 3.40. The summed E-state index contributed by atoms with van der Waals surface area (Å²) in [5.74, 6) is 0.330. The van der Waals surface area contributed by atoms with Crippen molar-refractivity contribution in [3.05, 3.63) is 71.9 Å². The van der Waals surface area contributed by atoms with Crippen LogP contribution in [0.2, 0.25) is 0 Å². The molecule has 7 heteroatoms. The van der Waals surface area contributed by atoms with Gasteiger partial charge < -0.3 is 14.8 Å². The zero-order chi connectivity index (χ0) is 22.8. The Bertz CT molecular complexity index is 1100. The van der Waals surface area contributed by atoms with Gasteiger partial charge in [0.1, 0.15) is 17.4 Å². The number of hydrogen-bond donors (Lipinski definition) is 1. The number of carbonyl (C=O) groups is 1. The van der Waals surface area contributed by atoms with Crippen LogP contribution in [0.3, 0.4) is 0 Å². The third kappa shape index (κ3) is 5.84. The fraction of sp³-hybridized carbons (Fsp3) is 0.240. The van der Waals surface area contributed by atoms with Gasteiger partial charge in [0.2, 0.25) is 0 Å². The summed E-state index contributed by atoms with van der Waals surface area (Å²) >= 11 is 0. The second-order valence-electron chi connectivity index (χ2n) is 7.00. The molecule has 0 spiro atoms. The molecule has 164 valence electrons. The predicted octanol–water partition coefficient (Wildman–Crippen LogP) is 4.00. The number of nitriles is 1. The zero-order valence-electron chi connectivity index (χ0n) is 18.2. The molecular formula is C25H26N4O3. The van der Waals surface area contributed by atoms with Crippen LogP contribution in [0.15, 0.2) is 66.4 Å². The van der Waals surface area contributed by atoms with Crippen LogP contribution >= 0.6 is 0 Å². The number of nitrogens with zero attached hydrogens (tertiary/aromatic N) is 3. The summed E-state index contributed by atoms with van der Waals surface area (Å²) in [6.07, 6.45) is 4.30. The maximum atomic E-state index is 12.4. The summed E-state index contributed by atoms with van der Waals surface area (Å²) in [6, 6.07) is 19.3. The molecule has 0 fully saturated rings. The topological polar surface area (TPSA) is 89.2 Å². The number of aromatic nitrogens is 2. The first-order valence-corrected chi connectivity index (χ1v) is 10.4. The Labute approximate surface area is 187 Å². The van der Waals surface area contributed by atoms with Crippen LogP contribution in [0.1, 0.15) is 18.9 Å². The Hall–Kier alpha value is -3.89. The van der Waals surface area contributed by atoms with Crippen molar-refractivity contribution in [2.24, 2.45) is 0 Å². The minimum Gasteiger partial charge on any atom is -0.494 e. The molecule has 1 amide bonds. The highest BCUT2D eigenvalue weighted by atomic mass is 16.5. The molecule has 7 nitrogen and oxygen atoms in total. The third-order valence-corrected chi connectivity index (χ3v) is 4.62. The van der Waals surface area contributed by atoms with E-state index < -0.39 is 5.91 Å². The van der Waals surface area contributed by atoms with E-state index >= 15 is 0 Å². The highest BCUT2D eigenvalue weighted by Gasteiger charge is 2.15. The summed E-state index contributed by atoms with van der Waals surface area (Å²) < 4.78 is 12.4. The van der Waals surface area contributed by atoms with Crippen molar-refractivity contribution in [1.29, 1.82) is 5.26 Å². The first kappa shape index (κ1) is 22.8. The molecule has 0 saturated heterocycles. The molecule has 3 aromatic rings. The fourth-order valence-corrected chi connectivity index (χ4v) is 3.03. The number of carbonyl (C=O) groups excluding carboxylic acids is 1. The van der Waals surface area contributed by atoms with Crippen LogP contribution in [-0.4, -0.2) is 42.6 Å². The number of rotatable bonds is 10. The van der Waals surface area contributed by atoms with E-state index in [1.807, 2.05) is 66.9 Å². The van der Waals surface area contributed by atoms with Crippen LogP contribution < -0.4 is 10.1 Å². The zero-order valence-corrected chi connectivity index (χ0v) is 18.2. The van der Waals surface area contributed by atoms with Crippen molar-refractivity contribution in [1.82, 2.24) is 15.1 Å². The van der Waals surface area contributed by atoms with E-state index in [-0.39, 0.29) is 5.57 Å². The number of methoxy groups -OCH3 is 1. The summed E-state index contributed by atoms with van der Waals surface area (Å²) in [5, 5.41) is 17.0. The summed E-state index contributed by atoms with van der Waals surface area (Å²) in [7, 11) is 1.55. The van der Waals surface area contributed by atoms with Crippen molar-refractivity contribution in [3.8, 4) is 28.8 Å². The highest BCUT2D eigenvalue weighted by Crippen LogP contribution is 2.27. The molecule has 2 aromatic carbocycles. The highest BCUT2D eigenvalue weighted by molar-refractivity contribution is 6.02. The molecule has 1 N–H and O–H groups in total. The van der Waals surface area contributed by atoms with Gasteiger partial charge in [-0.15, -0.1) is 0 Å². The fourth-order valence-electron chi connectivity index (χ4n) is 3.03. The van der Waals surface area contributed by atoms with Crippen molar-refractivity contribution >= 4 is 12.0 Å². The first-order valence-electron chi connectivity index (χ1n) is 10.4. The molecule has 0 radical (unpaired) electrons. The Balaban J connectivity index is 1.99. The molecule has 0 atom stereocenters. The Morgan fingerprint density at radius 1 is 1.16 bits per heavy atom. The molecule has 0 saturated carbocycles. The number of benzene rings is 2. The van der Waals surface area contributed by atoms with Gasteiger partial charge in [0.15, 0.2) is 0 Å². The lowest BCUT2D eigenvalue weighted by Crippen LogP contribution is -2.27. The predicted molar refractivity (Wildman–Crippen MR) is 123 cm³/mol. The monoisotopic (exact) mass is 430 g/mol. The van der Waals surface area contributed by atoms with E-state index in [2.05, 4.69) is 12.2 Å². The normalized spacial score (nSPS) is 11.1.